The van der Waals surface area contributed by atoms with Crippen LogP contribution in [0.5, 0.6) is 17.2 Å². The van der Waals surface area contributed by atoms with Gasteiger partial charge in [-0.2, -0.15) is 17.8 Å². The summed E-state index contributed by atoms with van der Waals surface area (Å²) in [5.41, 5.74) is -0.521. The number of carbonyl (C=O) groups is 3. The molecule has 0 spiro atoms. The number of anilines is 1. The molecular formula is C38H42Cl2F2N2O12S. The quantitative estimate of drug-likeness (QED) is 0.0550. The maximum absolute atomic E-state index is 13.2. The second kappa shape index (κ2) is 18.3. The van der Waals surface area contributed by atoms with E-state index in [1.54, 1.807) is 20.8 Å². The van der Waals surface area contributed by atoms with E-state index in [1.165, 1.54) is 36.4 Å². The predicted molar refractivity (Wildman–Crippen MR) is 202 cm³/mol. The van der Waals surface area contributed by atoms with Crippen LogP contribution >= 0.6 is 23.2 Å². The molecular weight excluding hydrogens is 817 g/mol. The van der Waals surface area contributed by atoms with Gasteiger partial charge in [0.05, 0.1) is 25.9 Å². The number of benzene rings is 2. The minimum Gasteiger partial charge on any atom is -0.619 e. The Bertz CT molecular complexity index is 2050. The molecule has 0 aliphatic heterocycles. The zero-order chi connectivity index (χ0) is 41.7. The molecule has 57 heavy (non-hydrogen) atoms. The number of hydrogen-bond acceptors (Lipinski definition) is 12. The van der Waals surface area contributed by atoms with Gasteiger partial charge >= 0.3 is 24.6 Å². The van der Waals surface area contributed by atoms with Gasteiger partial charge in [-0.3, -0.25) is 4.79 Å². The molecule has 3 aromatic rings. The van der Waals surface area contributed by atoms with Gasteiger partial charge in [0.2, 0.25) is 10.0 Å². The molecule has 19 heteroatoms. The number of carbonyl (C=O) groups excluding carboxylic acids is 3. The highest BCUT2D eigenvalue weighted by Crippen LogP contribution is 2.39. The number of pyridine rings is 1. The standard InChI is InChI=1S/C38H42Cl2F2N2O12S/c1-38(2,3)56-37(47)44(57(4,49)50)29-13-24(9-11-30(29)51-19-22-5-6-22)14-34(45)53-21-35(46)54-32(16-26-27(39)17-43(48)18-28(26)40)25-10-12-31(55-36(41)42)33(15-25)52-20-23-7-8-23/h9-13,15,17-18,22-23,32,36H,5-8,14,16,19-21H2,1-4H3/t32-/m0/s1. The molecule has 1 heterocycles. The fraction of sp³-hybridized carbons (Fsp3) is 0.474. The first kappa shape index (κ1) is 43.5. The molecule has 2 aliphatic carbocycles. The third-order valence-electron chi connectivity index (χ3n) is 8.45. The van der Waals surface area contributed by atoms with Gasteiger partial charge < -0.3 is 33.6 Å². The van der Waals surface area contributed by atoms with Gasteiger partial charge in [-0.15, -0.1) is 0 Å². The second-order valence-corrected chi connectivity index (χ2v) is 17.4. The topological polar surface area (TPSA) is 171 Å². The number of rotatable bonds is 18. The summed E-state index contributed by atoms with van der Waals surface area (Å²) in [5.74, 6) is -1.60. The molecule has 2 fully saturated rings. The van der Waals surface area contributed by atoms with Gasteiger partial charge in [0.15, 0.2) is 30.5 Å². The van der Waals surface area contributed by atoms with Crippen LogP contribution in [0.25, 0.3) is 0 Å². The molecule has 5 rings (SSSR count). The van der Waals surface area contributed by atoms with Crippen molar-refractivity contribution in [2.75, 3.05) is 30.4 Å². The number of amides is 1. The van der Waals surface area contributed by atoms with Crippen molar-refractivity contribution < 1.29 is 64.7 Å². The number of sulfonamides is 1. The number of alkyl halides is 2. The zero-order valence-electron chi connectivity index (χ0n) is 31.5. The summed E-state index contributed by atoms with van der Waals surface area (Å²) < 4.78 is 85.7. The summed E-state index contributed by atoms with van der Waals surface area (Å²) >= 11 is 12.6. The van der Waals surface area contributed by atoms with Crippen LogP contribution in [0.4, 0.5) is 19.3 Å². The minimum atomic E-state index is -4.26. The van der Waals surface area contributed by atoms with Crippen molar-refractivity contribution in [2.24, 2.45) is 11.8 Å². The van der Waals surface area contributed by atoms with Crippen molar-refractivity contribution in [3.8, 4) is 17.2 Å². The number of hydrogen-bond donors (Lipinski definition) is 0. The molecule has 1 atom stereocenters. The zero-order valence-corrected chi connectivity index (χ0v) is 33.8. The van der Waals surface area contributed by atoms with Crippen LogP contribution in [0.1, 0.15) is 69.2 Å². The fourth-order valence-electron chi connectivity index (χ4n) is 5.37. The van der Waals surface area contributed by atoms with Gasteiger partial charge in [0.1, 0.15) is 33.2 Å². The number of aromatic nitrogens is 1. The Morgan fingerprint density at radius 1 is 0.912 bits per heavy atom. The van der Waals surface area contributed by atoms with E-state index in [2.05, 4.69) is 4.74 Å². The van der Waals surface area contributed by atoms with E-state index in [9.17, 15) is 36.8 Å². The molecule has 0 unspecified atom stereocenters. The lowest BCUT2D eigenvalue weighted by Gasteiger charge is -2.27. The van der Waals surface area contributed by atoms with Crippen molar-refractivity contribution in [1.29, 1.82) is 0 Å². The summed E-state index contributed by atoms with van der Waals surface area (Å²) in [7, 11) is -4.26. The fourth-order valence-corrected chi connectivity index (χ4v) is 6.78. The normalized spacial score (nSPS) is 14.8. The van der Waals surface area contributed by atoms with Crippen molar-refractivity contribution in [1.82, 2.24) is 0 Å². The Morgan fingerprint density at radius 3 is 2.07 bits per heavy atom. The summed E-state index contributed by atoms with van der Waals surface area (Å²) in [6, 6.07) is 8.17. The average Bonchev–Trinajstić information content (AvgIpc) is 4.02. The highest BCUT2D eigenvalue weighted by atomic mass is 35.5. The summed E-state index contributed by atoms with van der Waals surface area (Å²) in [4.78, 5) is 39.4. The first-order chi connectivity index (χ1) is 26.8. The lowest BCUT2D eigenvalue weighted by Crippen LogP contribution is -2.40. The highest BCUT2D eigenvalue weighted by molar-refractivity contribution is 7.92. The number of halogens is 4. The van der Waals surface area contributed by atoms with Crippen LogP contribution < -0.4 is 23.2 Å². The molecule has 1 amide bonds. The SMILES string of the molecule is CC(C)(C)OC(=O)N(c1cc(CC(=O)OCC(=O)O[C@@H](Cc2c(Cl)c[n+]([O-])cc2Cl)c2ccc(OC(F)F)c(OCC3CC3)c2)ccc1OCC1CC1)S(C)(=O)=O. The summed E-state index contributed by atoms with van der Waals surface area (Å²) in [5, 5.41) is 11.8. The Balaban J connectivity index is 1.34. The van der Waals surface area contributed by atoms with Crippen molar-refractivity contribution in [3.05, 3.63) is 80.7 Å². The summed E-state index contributed by atoms with van der Waals surface area (Å²) in [6.45, 7) is 1.24. The van der Waals surface area contributed by atoms with Gasteiger partial charge in [-0.05, 0) is 93.7 Å². The molecule has 0 N–H and O–H groups in total. The molecule has 14 nitrogen and oxygen atoms in total. The second-order valence-electron chi connectivity index (χ2n) is 14.7. The van der Waals surface area contributed by atoms with E-state index in [-0.39, 0.29) is 81.1 Å². The number of esters is 2. The maximum atomic E-state index is 13.2. The van der Waals surface area contributed by atoms with Crippen LogP contribution in [0.2, 0.25) is 10.0 Å². The molecule has 2 aromatic carbocycles. The first-order valence-corrected chi connectivity index (χ1v) is 20.5. The molecule has 2 saturated carbocycles. The number of ether oxygens (including phenoxy) is 6. The van der Waals surface area contributed by atoms with Crippen molar-refractivity contribution >= 4 is 56.9 Å². The van der Waals surface area contributed by atoms with E-state index >= 15 is 0 Å². The van der Waals surface area contributed by atoms with E-state index < -0.39 is 59.4 Å². The van der Waals surface area contributed by atoms with E-state index in [0.29, 0.717) is 9.04 Å². The van der Waals surface area contributed by atoms with Crippen LogP contribution in [0.3, 0.4) is 0 Å². The van der Waals surface area contributed by atoms with E-state index in [0.717, 1.165) is 44.3 Å². The largest absolute Gasteiger partial charge is 0.619 e. The van der Waals surface area contributed by atoms with Crippen LogP contribution in [0, 0.1) is 17.0 Å². The van der Waals surface area contributed by atoms with Crippen LogP contribution in [-0.2, 0) is 46.7 Å². The third-order valence-corrected chi connectivity index (χ3v) is 10.1. The molecule has 0 saturated heterocycles. The Kier molecular flexibility index (Phi) is 14.0. The maximum Gasteiger partial charge on any atom is 0.429 e. The van der Waals surface area contributed by atoms with E-state index in [1.807, 2.05) is 0 Å². The smallest absolute Gasteiger partial charge is 0.429 e. The third kappa shape index (κ3) is 13.2. The molecule has 0 bridgehead atoms. The van der Waals surface area contributed by atoms with Crippen molar-refractivity contribution in [2.45, 2.75) is 77.6 Å². The molecule has 2 aliphatic rings. The lowest BCUT2D eigenvalue weighted by atomic mass is 10.0. The monoisotopic (exact) mass is 858 g/mol. The number of nitrogens with zero attached hydrogens (tertiary/aromatic N) is 2. The average molecular weight is 860 g/mol. The van der Waals surface area contributed by atoms with Gasteiger partial charge in [0.25, 0.3) is 0 Å². The van der Waals surface area contributed by atoms with Gasteiger partial charge in [0, 0.05) is 12.0 Å². The molecule has 310 valence electrons. The summed E-state index contributed by atoms with van der Waals surface area (Å²) in [6.07, 6.45) is 3.60. The van der Waals surface area contributed by atoms with Crippen molar-refractivity contribution in [3.63, 3.8) is 0 Å². The Hall–Kier alpha value is -4.61. The van der Waals surface area contributed by atoms with E-state index in [4.69, 9.17) is 46.9 Å². The predicted octanol–water partition coefficient (Wildman–Crippen LogP) is 7.12. The Morgan fingerprint density at radius 2 is 1.51 bits per heavy atom. The first-order valence-electron chi connectivity index (χ1n) is 17.9. The highest BCUT2D eigenvalue weighted by Gasteiger charge is 2.34. The molecule has 0 radical (unpaired) electrons. The minimum absolute atomic E-state index is 0.0285. The van der Waals surface area contributed by atoms with Crippen LogP contribution in [0.15, 0.2) is 48.8 Å². The lowest BCUT2D eigenvalue weighted by molar-refractivity contribution is -0.605. The van der Waals surface area contributed by atoms with Crippen LogP contribution in [-0.4, -0.2) is 64.7 Å². The molecule has 1 aromatic heterocycles. The van der Waals surface area contributed by atoms with Gasteiger partial charge in [-0.25, -0.2) is 18.0 Å². The Labute approximate surface area is 338 Å². The van der Waals surface area contributed by atoms with Gasteiger partial charge in [-0.1, -0.05) is 35.3 Å².